The Morgan fingerprint density at radius 1 is 1.44 bits per heavy atom. The van der Waals surface area contributed by atoms with Crippen molar-refractivity contribution in [2.75, 3.05) is 26.8 Å². The maximum absolute atomic E-state index is 13.2. The van der Waals surface area contributed by atoms with Gasteiger partial charge >= 0.3 is 0 Å². The molecule has 1 rings (SSSR count). The number of nitrogens with one attached hydrogen (secondary N) is 1. The largest absolute Gasteiger partial charge is 0.383 e. The molecule has 0 bridgehead atoms. The van der Waals surface area contributed by atoms with Gasteiger partial charge in [0, 0.05) is 13.7 Å². The molecule has 102 valence electrons. The molecule has 0 radical (unpaired) electrons. The smallest absolute Gasteiger partial charge is 0.142 e. The molecule has 0 aromatic heterocycles. The molecule has 0 aliphatic rings. The first-order chi connectivity index (χ1) is 8.65. The van der Waals surface area contributed by atoms with Gasteiger partial charge in [0.05, 0.1) is 11.6 Å². The van der Waals surface area contributed by atoms with Crippen molar-refractivity contribution in [2.24, 2.45) is 5.92 Å². The van der Waals surface area contributed by atoms with E-state index < -0.39 is 0 Å². The number of hydrogen-bond acceptors (Lipinski definition) is 2. The number of rotatable bonds is 8. The van der Waals surface area contributed by atoms with Crippen LogP contribution in [0.2, 0.25) is 5.02 Å². The number of hydrogen-bond donors (Lipinski definition) is 1. The summed E-state index contributed by atoms with van der Waals surface area (Å²) in [5, 5.41) is 3.58. The maximum Gasteiger partial charge on any atom is 0.142 e. The van der Waals surface area contributed by atoms with Crippen LogP contribution in [0.25, 0.3) is 0 Å². The molecule has 0 saturated heterocycles. The van der Waals surface area contributed by atoms with E-state index in [1.54, 1.807) is 13.2 Å². The highest BCUT2D eigenvalue weighted by Crippen LogP contribution is 2.22. The standard InChI is InChI=1S/C14H21ClFNO/c1-11(10-17-8-9-18-2)6-7-12-4-3-5-13(16)14(12)15/h3-5,11,17H,6-10H2,1-2H3. The molecular formula is C14H21ClFNO. The van der Waals surface area contributed by atoms with Gasteiger partial charge in [-0.2, -0.15) is 0 Å². The van der Waals surface area contributed by atoms with Crippen molar-refractivity contribution in [1.29, 1.82) is 0 Å². The van der Waals surface area contributed by atoms with Crippen LogP contribution in [0.4, 0.5) is 4.39 Å². The number of ether oxygens (including phenoxy) is 1. The van der Waals surface area contributed by atoms with Crippen molar-refractivity contribution in [3.05, 3.63) is 34.6 Å². The Hall–Kier alpha value is -0.640. The van der Waals surface area contributed by atoms with Crippen LogP contribution in [0, 0.1) is 11.7 Å². The van der Waals surface area contributed by atoms with Gasteiger partial charge in [0.25, 0.3) is 0 Å². The van der Waals surface area contributed by atoms with Crippen LogP contribution in [0.5, 0.6) is 0 Å². The lowest BCUT2D eigenvalue weighted by Gasteiger charge is -2.13. The average Bonchev–Trinajstić information content (AvgIpc) is 2.36. The first-order valence-corrected chi connectivity index (χ1v) is 6.65. The number of benzene rings is 1. The summed E-state index contributed by atoms with van der Waals surface area (Å²) in [6, 6.07) is 4.98. The molecule has 18 heavy (non-hydrogen) atoms. The first kappa shape index (κ1) is 15.4. The lowest BCUT2D eigenvalue weighted by atomic mass is 10.0. The molecule has 0 fully saturated rings. The predicted molar refractivity (Wildman–Crippen MR) is 73.6 cm³/mol. The minimum Gasteiger partial charge on any atom is -0.383 e. The van der Waals surface area contributed by atoms with E-state index in [4.69, 9.17) is 16.3 Å². The lowest BCUT2D eigenvalue weighted by Crippen LogP contribution is -2.25. The molecule has 0 heterocycles. The van der Waals surface area contributed by atoms with Crippen LogP contribution < -0.4 is 5.32 Å². The van der Waals surface area contributed by atoms with Crippen LogP contribution in [0.15, 0.2) is 18.2 Å². The first-order valence-electron chi connectivity index (χ1n) is 6.27. The highest BCUT2D eigenvalue weighted by atomic mass is 35.5. The summed E-state index contributed by atoms with van der Waals surface area (Å²) in [5.74, 6) is 0.196. The summed E-state index contributed by atoms with van der Waals surface area (Å²) in [5.41, 5.74) is 0.889. The van der Waals surface area contributed by atoms with Crippen LogP contribution in [-0.4, -0.2) is 26.8 Å². The van der Waals surface area contributed by atoms with Crippen molar-refractivity contribution in [3.8, 4) is 0 Å². The SMILES string of the molecule is COCCNCC(C)CCc1cccc(F)c1Cl. The van der Waals surface area contributed by atoms with Crippen molar-refractivity contribution < 1.29 is 9.13 Å². The summed E-state index contributed by atoms with van der Waals surface area (Å²) in [6.45, 7) is 4.70. The van der Waals surface area contributed by atoms with Crippen molar-refractivity contribution in [3.63, 3.8) is 0 Å². The van der Waals surface area contributed by atoms with E-state index in [-0.39, 0.29) is 10.8 Å². The fraction of sp³-hybridized carbons (Fsp3) is 0.571. The molecule has 1 unspecified atom stereocenters. The third-order valence-corrected chi connectivity index (χ3v) is 3.34. The van der Waals surface area contributed by atoms with Crippen LogP contribution in [-0.2, 0) is 11.2 Å². The minimum absolute atomic E-state index is 0.261. The third-order valence-electron chi connectivity index (χ3n) is 2.91. The second-order valence-electron chi connectivity index (χ2n) is 4.55. The molecular weight excluding hydrogens is 253 g/mol. The zero-order valence-corrected chi connectivity index (χ0v) is 11.8. The maximum atomic E-state index is 13.2. The van der Waals surface area contributed by atoms with E-state index in [1.807, 2.05) is 6.07 Å². The molecule has 4 heteroatoms. The molecule has 0 amide bonds. The Labute approximate surface area is 113 Å². The van der Waals surface area contributed by atoms with Gasteiger partial charge < -0.3 is 10.1 Å². The third kappa shape index (κ3) is 5.34. The average molecular weight is 274 g/mol. The van der Waals surface area contributed by atoms with Crippen molar-refractivity contribution in [1.82, 2.24) is 5.32 Å². The Morgan fingerprint density at radius 3 is 2.94 bits per heavy atom. The Morgan fingerprint density at radius 2 is 2.22 bits per heavy atom. The summed E-state index contributed by atoms with van der Waals surface area (Å²) in [7, 11) is 1.69. The highest BCUT2D eigenvalue weighted by Gasteiger charge is 2.08. The van der Waals surface area contributed by atoms with Crippen LogP contribution in [0.1, 0.15) is 18.9 Å². The van der Waals surface area contributed by atoms with E-state index in [0.29, 0.717) is 5.92 Å². The van der Waals surface area contributed by atoms with Gasteiger partial charge in [-0.3, -0.25) is 0 Å². The Bertz CT molecular complexity index is 360. The Kier molecular flexibility index (Phi) is 7.25. The quantitative estimate of drug-likeness (QED) is 0.734. The molecule has 1 atom stereocenters. The second-order valence-corrected chi connectivity index (χ2v) is 4.93. The number of methoxy groups -OCH3 is 1. The second kappa shape index (κ2) is 8.46. The fourth-order valence-electron chi connectivity index (χ4n) is 1.77. The molecule has 1 N–H and O–H groups in total. The molecule has 0 aliphatic carbocycles. The fourth-order valence-corrected chi connectivity index (χ4v) is 1.99. The highest BCUT2D eigenvalue weighted by molar-refractivity contribution is 6.31. The predicted octanol–water partition coefficient (Wildman–Crippen LogP) is 3.28. The van der Waals surface area contributed by atoms with Gasteiger partial charge in [-0.25, -0.2) is 4.39 Å². The van der Waals surface area contributed by atoms with Gasteiger partial charge in [-0.1, -0.05) is 30.7 Å². The summed E-state index contributed by atoms with van der Waals surface area (Å²) in [4.78, 5) is 0. The molecule has 2 nitrogen and oxygen atoms in total. The van der Waals surface area contributed by atoms with E-state index in [1.165, 1.54) is 6.07 Å². The molecule has 1 aromatic rings. The molecule has 0 spiro atoms. The summed E-state index contributed by atoms with van der Waals surface area (Å²) in [6.07, 6.45) is 1.80. The lowest BCUT2D eigenvalue weighted by molar-refractivity contribution is 0.198. The number of halogens is 2. The summed E-state index contributed by atoms with van der Waals surface area (Å²) >= 11 is 5.92. The van der Waals surface area contributed by atoms with Gasteiger partial charge in [-0.05, 0) is 36.9 Å². The monoisotopic (exact) mass is 273 g/mol. The number of aryl methyl sites for hydroxylation is 1. The van der Waals surface area contributed by atoms with E-state index in [2.05, 4.69) is 12.2 Å². The van der Waals surface area contributed by atoms with Crippen molar-refractivity contribution in [2.45, 2.75) is 19.8 Å². The molecule has 0 aliphatic heterocycles. The van der Waals surface area contributed by atoms with Gasteiger partial charge in [0.15, 0.2) is 0 Å². The normalized spacial score (nSPS) is 12.7. The van der Waals surface area contributed by atoms with E-state index >= 15 is 0 Å². The van der Waals surface area contributed by atoms with Gasteiger partial charge in [0.1, 0.15) is 5.82 Å². The molecule has 0 saturated carbocycles. The van der Waals surface area contributed by atoms with E-state index in [0.717, 1.165) is 38.1 Å². The Balaban J connectivity index is 2.29. The van der Waals surface area contributed by atoms with Gasteiger partial charge in [0.2, 0.25) is 0 Å². The topological polar surface area (TPSA) is 21.3 Å². The van der Waals surface area contributed by atoms with Crippen LogP contribution >= 0.6 is 11.6 Å². The zero-order valence-electron chi connectivity index (χ0n) is 11.0. The summed E-state index contributed by atoms with van der Waals surface area (Å²) < 4.78 is 18.2. The van der Waals surface area contributed by atoms with Crippen molar-refractivity contribution >= 4 is 11.6 Å². The minimum atomic E-state index is -0.333. The van der Waals surface area contributed by atoms with Gasteiger partial charge in [-0.15, -0.1) is 0 Å². The molecule has 1 aromatic carbocycles. The zero-order chi connectivity index (χ0) is 13.4. The van der Waals surface area contributed by atoms with Crippen LogP contribution in [0.3, 0.4) is 0 Å². The van der Waals surface area contributed by atoms with E-state index in [9.17, 15) is 4.39 Å².